The molecule has 0 aliphatic carbocycles. The number of hydrogen-bond acceptors (Lipinski definition) is 5. The van der Waals surface area contributed by atoms with E-state index in [4.69, 9.17) is 9.72 Å². The number of imidazole rings is 1. The van der Waals surface area contributed by atoms with Crippen molar-refractivity contribution in [2.45, 2.75) is 38.8 Å². The van der Waals surface area contributed by atoms with Gasteiger partial charge in [0.05, 0.1) is 30.2 Å². The zero-order valence-corrected chi connectivity index (χ0v) is 17.9. The van der Waals surface area contributed by atoms with E-state index in [1.54, 1.807) is 7.11 Å². The number of carbonyl (C=O) groups is 1. The Labute approximate surface area is 172 Å². The lowest BCUT2D eigenvalue weighted by Crippen LogP contribution is -2.40. The zero-order valence-electron chi connectivity index (χ0n) is 17.9. The molecule has 158 valence electrons. The minimum absolute atomic E-state index is 0.110. The Morgan fingerprint density at radius 2 is 2.17 bits per heavy atom. The molecule has 0 saturated carbocycles. The number of likely N-dealkylation sites (tertiary alicyclic amines) is 2. The summed E-state index contributed by atoms with van der Waals surface area (Å²) in [4.78, 5) is 22.7. The second-order valence-corrected chi connectivity index (χ2v) is 8.78. The summed E-state index contributed by atoms with van der Waals surface area (Å²) < 4.78 is 9.18. The van der Waals surface area contributed by atoms with Crippen LogP contribution in [0, 0.1) is 5.41 Å². The van der Waals surface area contributed by atoms with Crippen LogP contribution in [0.2, 0.25) is 0 Å². The second kappa shape index (κ2) is 7.91. The van der Waals surface area contributed by atoms with E-state index in [-0.39, 0.29) is 11.8 Å². The smallest absolute Gasteiger partial charge is 0.230 e. The lowest BCUT2D eigenvalue weighted by Gasteiger charge is -2.28. The third-order valence-electron chi connectivity index (χ3n) is 6.46. The van der Waals surface area contributed by atoms with Gasteiger partial charge in [0.1, 0.15) is 0 Å². The average molecular weight is 401 g/mol. The predicted octanol–water partition coefficient (Wildman–Crippen LogP) is 1.66. The third-order valence-corrected chi connectivity index (χ3v) is 6.46. The maximum Gasteiger partial charge on any atom is 0.230 e. The molecule has 4 rings (SSSR count). The van der Waals surface area contributed by atoms with Gasteiger partial charge in [-0.1, -0.05) is 0 Å². The highest BCUT2D eigenvalue weighted by Gasteiger charge is 2.57. The van der Waals surface area contributed by atoms with Crippen LogP contribution in [0.5, 0.6) is 0 Å². The molecule has 0 bridgehead atoms. The number of nitrogens with zero attached hydrogens (tertiary/aromatic N) is 6. The molecule has 4 heterocycles. The number of carbonyl (C=O) groups excluding carboxylic acids is 1. The Balaban J connectivity index is 1.61. The molecule has 2 aromatic rings. The lowest BCUT2D eigenvalue weighted by atomic mass is 9.75. The monoisotopic (exact) mass is 400 g/mol. The number of aromatic nitrogens is 4. The predicted molar refractivity (Wildman–Crippen MR) is 109 cm³/mol. The molecule has 2 saturated heterocycles. The summed E-state index contributed by atoms with van der Waals surface area (Å²) in [5, 5.41) is 4.29. The fourth-order valence-electron chi connectivity index (χ4n) is 4.87. The molecule has 1 spiro atoms. The first-order valence-electron chi connectivity index (χ1n) is 10.4. The first-order valence-corrected chi connectivity index (χ1v) is 10.4. The fraction of sp³-hybridized carbons (Fsp3) is 0.667. The van der Waals surface area contributed by atoms with Gasteiger partial charge in [0.15, 0.2) is 0 Å². The normalized spacial score (nSPS) is 25.2. The second-order valence-electron chi connectivity index (χ2n) is 8.78. The Hall–Kier alpha value is -2.19. The lowest BCUT2D eigenvalue weighted by molar-refractivity contribution is -0.136. The van der Waals surface area contributed by atoms with Crippen LogP contribution >= 0.6 is 0 Å². The van der Waals surface area contributed by atoms with E-state index in [1.807, 2.05) is 29.2 Å². The van der Waals surface area contributed by atoms with Crippen LogP contribution in [0.15, 0.2) is 24.9 Å². The molecule has 8 heteroatoms. The quantitative estimate of drug-likeness (QED) is 0.707. The molecule has 2 atom stereocenters. The van der Waals surface area contributed by atoms with Gasteiger partial charge < -0.3 is 14.2 Å². The van der Waals surface area contributed by atoms with Crippen molar-refractivity contribution in [2.24, 2.45) is 12.5 Å². The summed E-state index contributed by atoms with van der Waals surface area (Å²) in [5.41, 5.74) is 1.82. The summed E-state index contributed by atoms with van der Waals surface area (Å²) in [6.07, 6.45) is 8.87. The molecular formula is C21H32N6O2. The Bertz CT molecular complexity index is 859. The Morgan fingerprint density at radius 3 is 2.83 bits per heavy atom. The molecular weight excluding hydrogens is 368 g/mol. The molecule has 0 aromatic carbocycles. The van der Waals surface area contributed by atoms with Gasteiger partial charge in [-0.15, -0.1) is 0 Å². The van der Waals surface area contributed by atoms with E-state index in [0.717, 1.165) is 38.3 Å². The number of hydrogen-bond donors (Lipinski definition) is 0. The standard InChI is InChI=1S/C21H32N6O2/c1-16(2)27-13-19(22-15-27)18-12-25(11-17-9-23-24(3)10-17)14-21(18)5-6-26(20(21)28)7-8-29-4/h9-10,13,15-16,18H,5-8,11-12,14H2,1-4H3. The number of aryl methyl sites for hydroxylation is 1. The summed E-state index contributed by atoms with van der Waals surface area (Å²) in [5.74, 6) is 0.367. The molecule has 2 aromatic heterocycles. The van der Waals surface area contributed by atoms with E-state index >= 15 is 0 Å². The highest BCUT2D eigenvalue weighted by Crippen LogP contribution is 2.49. The van der Waals surface area contributed by atoms with Crippen molar-refractivity contribution in [1.82, 2.24) is 29.1 Å². The van der Waals surface area contributed by atoms with Crippen LogP contribution in [-0.4, -0.2) is 74.9 Å². The van der Waals surface area contributed by atoms with Crippen molar-refractivity contribution in [3.05, 3.63) is 36.2 Å². The number of methoxy groups -OCH3 is 1. The molecule has 8 nitrogen and oxygen atoms in total. The summed E-state index contributed by atoms with van der Waals surface area (Å²) in [6.45, 7) is 8.75. The van der Waals surface area contributed by atoms with Gasteiger partial charge >= 0.3 is 0 Å². The highest BCUT2D eigenvalue weighted by molar-refractivity contribution is 5.86. The molecule has 2 aliphatic rings. The van der Waals surface area contributed by atoms with Gasteiger partial charge in [-0.25, -0.2) is 4.98 Å². The summed E-state index contributed by atoms with van der Waals surface area (Å²) in [7, 11) is 3.62. The summed E-state index contributed by atoms with van der Waals surface area (Å²) in [6, 6.07) is 0.359. The largest absolute Gasteiger partial charge is 0.383 e. The van der Waals surface area contributed by atoms with Crippen molar-refractivity contribution in [3.8, 4) is 0 Å². The van der Waals surface area contributed by atoms with Gasteiger partial charge in [0.25, 0.3) is 0 Å². The highest BCUT2D eigenvalue weighted by atomic mass is 16.5. The molecule has 0 N–H and O–H groups in total. The van der Waals surface area contributed by atoms with Gasteiger partial charge in [-0.3, -0.25) is 14.4 Å². The van der Waals surface area contributed by atoms with Crippen LogP contribution in [-0.2, 0) is 23.1 Å². The topological polar surface area (TPSA) is 68.4 Å². The van der Waals surface area contributed by atoms with Crippen molar-refractivity contribution < 1.29 is 9.53 Å². The van der Waals surface area contributed by atoms with Gasteiger partial charge in [0, 0.05) is 76.8 Å². The zero-order chi connectivity index (χ0) is 20.6. The van der Waals surface area contributed by atoms with Crippen LogP contribution < -0.4 is 0 Å². The minimum Gasteiger partial charge on any atom is -0.383 e. The maximum absolute atomic E-state index is 13.6. The van der Waals surface area contributed by atoms with Crippen molar-refractivity contribution in [2.75, 3.05) is 39.9 Å². The molecule has 29 heavy (non-hydrogen) atoms. The average Bonchev–Trinajstić information content (AvgIpc) is 3.44. The minimum atomic E-state index is -0.397. The Morgan fingerprint density at radius 1 is 1.34 bits per heavy atom. The van der Waals surface area contributed by atoms with E-state index in [9.17, 15) is 4.79 Å². The number of amides is 1. The van der Waals surface area contributed by atoms with Crippen LogP contribution in [0.1, 0.15) is 43.5 Å². The van der Waals surface area contributed by atoms with Gasteiger partial charge in [-0.05, 0) is 20.3 Å². The van der Waals surface area contributed by atoms with Gasteiger partial charge in [-0.2, -0.15) is 5.10 Å². The molecule has 2 unspecified atom stereocenters. The SMILES string of the molecule is COCCN1CCC2(CN(Cc3cnn(C)c3)CC2c2cn(C(C)C)cn2)C1=O. The first kappa shape index (κ1) is 20.1. The van der Waals surface area contributed by atoms with E-state index in [1.165, 1.54) is 5.56 Å². The molecule has 2 aliphatic heterocycles. The Kier molecular flexibility index (Phi) is 5.48. The number of ether oxygens (including phenoxy) is 1. The summed E-state index contributed by atoms with van der Waals surface area (Å²) >= 11 is 0. The molecule has 2 fully saturated rings. The van der Waals surface area contributed by atoms with Crippen molar-refractivity contribution >= 4 is 5.91 Å². The molecule has 0 radical (unpaired) electrons. The third kappa shape index (κ3) is 3.71. The molecule has 1 amide bonds. The van der Waals surface area contributed by atoms with Crippen molar-refractivity contribution in [3.63, 3.8) is 0 Å². The van der Waals surface area contributed by atoms with Crippen LogP contribution in [0.3, 0.4) is 0 Å². The van der Waals surface area contributed by atoms with Crippen LogP contribution in [0.4, 0.5) is 0 Å². The number of rotatable bonds is 7. The maximum atomic E-state index is 13.6. The van der Waals surface area contributed by atoms with E-state index in [2.05, 4.69) is 40.8 Å². The van der Waals surface area contributed by atoms with Crippen molar-refractivity contribution in [1.29, 1.82) is 0 Å². The van der Waals surface area contributed by atoms with E-state index < -0.39 is 5.41 Å². The van der Waals surface area contributed by atoms with Gasteiger partial charge in [0.2, 0.25) is 5.91 Å². The first-order chi connectivity index (χ1) is 13.9. The van der Waals surface area contributed by atoms with Crippen LogP contribution in [0.25, 0.3) is 0 Å². The fourth-order valence-corrected chi connectivity index (χ4v) is 4.87. The van der Waals surface area contributed by atoms with E-state index in [0.29, 0.717) is 19.2 Å².